The van der Waals surface area contributed by atoms with E-state index in [0.29, 0.717) is 0 Å². The maximum atomic E-state index is 9.64. The highest BCUT2D eigenvalue weighted by Crippen LogP contribution is 2.31. The molecule has 0 saturated heterocycles. The SMILES string of the molecule is CO[C@@H]1[C@@H](O)[C@@H](O)[C@@](O)(CO)[C@H]1N. The van der Waals surface area contributed by atoms with E-state index < -0.39 is 36.6 Å². The maximum Gasteiger partial charge on any atom is 0.134 e. The van der Waals surface area contributed by atoms with Gasteiger partial charge in [-0.05, 0) is 0 Å². The lowest BCUT2D eigenvalue weighted by atomic mass is 9.97. The van der Waals surface area contributed by atoms with E-state index in [1.165, 1.54) is 7.11 Å². The van der Waals surface area contributed by atoms with Crippen molar-refractivity contribution in [1.82, 2.24) is 0 Å². The third kappa shape index (κ3) is 1.35. The summed E-state index contributed by atoms with van der Waals surface area (Å²) in [4.78, 5) is 0. The summed E-state index contributed by atoms with van der Waals surface area (Å²) >= 11 is 0. The minimum atomic E-state index is -1.89. The molecule has 0 aromatic rings. The monoisotopic (exact) mass is 193 g/mol. The number of nitrogens with two attached hydrogens (primary N) is 1. The van der Waals surface area contributed by atoms with Crippen LogP contribution in [0.5, 0.6) is 0 Å². The number of aliphatic hydroxyl groups is 4. The fourth-order valence-electron chi connectivity index (χ4n) is 1.65. The molecule has 0 radical (unpaired) electrons. The van der Waals surface area contributed by atoms with E-state index in [9.17, 15) is 15.3 Å². The Kier molecular flexibility index (Phi) is 2.91. The molecule has 1 fully saturated rings. The van der Waals surface area contributed by atoms with Gasteiger partial charge in [-0.2, -0.15) is 0 Å². The summed E-state index contributed by atoms with van der Waals surface area (Å²) in [5.74, 6) is 0. The molecule has 13 heavy (non-hydrogen) atoms. The molecule has 6 heteroatoms. The predicted molar refractivity (Wildman–Crippen MR) is 42.8 cm³/mol. The molecule has 0 heterocycles. The van der Waals surface area contributed by atoms with Crippen molar-refractivity contribution in [1.29, 1.82) is 0 Å². The van der Waals surface area contributed by atoms with E-state index in [-0.39, 0.29) is 0 Å². The molecule has 0 aliphatic heterocycles. The fourth-order valence-corrected chi connectivity index (χ4v) is 1.65. The minimum Gasteiger partial charge on any atom is -0.393 e. The molecule has 78 valence electrons. The molecule has 6 nitrogen and oxygen atoms in total. The average Bonchev–Trinajstić information content (AvgIpc) is 2.29. The molecule has 0 aromatic carbocycles. The quantitative estimate of drug-likeness (QED) is 0.315. The van der Waals surface area contributed by atoms with E-state index in [4.69, 9.17) is 15.6 Å². The molecule has 0 spiro atoms. The van der Waals surface area contributed by atoms with Crippen LogP contribution in [0.4, 0.5) is 0 Å². The summed E-state index contributed by atoms with van der Waals surface area (Å²) in [5.41, 5.74) is 3.62. The molecular weight excluding hydrogens is 178 g/mol. The van der Waals surface area contributed by atoms with E-state index >= 15 is 0 Å². The highest BCUT2D eigenvalue weighted by Gasteiger charge is 2.58. The number of aliphatic hydroxyl groups excluding tert-OH is 3. The molecule has 5 atom stereocenters. The number of rotatable bonds is 2. The van der Waals surface area contributed by atoms with Crippen LogP contribution in [0.25, 0.3) is 0 Å². The maximum absolute atomic E-state index is 9.64. The smallest absolute Gasteiger partial charge is 0.134 e. The second-order valence-corrected chi connectivity index (χ2v) is 3.31. The number of hydrogen-bond donors (Lipinski definition) is 5. The highest BCUT2D eigenvalue weighted by atomic mass is 16.5. The van der Waals surface area contributed by atoms with Crippen LogP contribution in [0.15, 0.2) is 0 Å². The molecular formula is C7H15NO5. The summed E-state index contributed by atoms with van der Waals surface area (Å²) in [7, 11) is 1.31. The van der Waals surface area contributed by atoms with Crippen molar-refractivity contribution >= 4 is 0 Å². The second-order valence-electron chi connectivity index (χ2n) is 3.31. The van der Waals surface area contributed by atoms with Gasteiger partial charge in [0.15, 0.2) is 0 Å². The van der Waals surface area contributed by atoms with Crippen molar-refractivity contribution in [2.75, 3.05) is 13.7 Å². The Morgan fingerprint density at radius 1 is 1.46 bits per heavy atom. The van der Waals surface area contributed by atoms with Gasteiger partial charge in [0.1, 0.15) is 23.9 Å². The Morgan fingerprint density at radius 3 is 2.23 bits per heavy atom. The van der Waals surface area contributed by atoms with E-state index in [2.05, 4.69) is 0 Å². The third-order valence-corrected chi connectivity index (χ3v) is 2.63. The second kappa shape index (κ2) is 3.49. The van der Waals surface area contributed by atoms with Crippen LogP contribution in [0.3, 0.4) is 0 Å². The van der Waals surface area contributed by atoms with Gasteiger partial charge in [0.2, 0.25) is 0 Å². The van der Waals surface area contributed by atoms with Crippen molar-refractivity contribution < 1.29 is 25.2 Å². The van der Waals surface area contributed by atoms with Crippen molar-refractivity contribution in [2.45, 2.75) is 30.0 Å². The zero-order valence-electron chi connectivity index (χ0n) is 7.29. The molecule has 1 saturated carbocycles. The van der Waals surface area contributed by atoms with Crippen LogP contribution in [0, 0.1) is 0 Å². The zero-order valence-corrected chi connectivity index (χ0v) is 7.29. The van der Waals surface area contributed by atoms with Crippen molar-refractivity contribution in [2.24, 2.45) is 5.73 Å². The Labute approximate surface area is 75.6 Å². The third-order valence-electron chi connectivity index (χ3n) is 2.63. The van der Waals surface area contributed by atoms with Crippen LogP contribution in [0.2, 0.25) is 0 Å². The molecule has 1 aliphatic rings. The topological polar surface area (TPSA) is 116 Å². The lowest BCUT2D eigenvalue weighted by Gasteiger charge is -2.28. The Hall–Kier alpha value is -0.240. The average molecular weight is 193 g/mol. The molecule has 1 rings (SSSR count). The molecule has 0 unspecified atom stereocenters. The van der Waals surface area contributed by atoms with Crippen LogP contribution in [-0.2, 0) is 4.74 Å². The summed E-state index contributed by atoms with van der Waals surface area (Å²) in [6, 6.07) is -1.01. The van der Waals surface area contributed by atoms with Crippen molar-refractivity contribution in [3.63, 3.8) is 0 Å². The summed E-state index contributed by atoms with van der Waals surface area (Å²) in [5, 5.41) is 37.2. The number of methoxy groups -OCH3 is 1. The predicted octanol–water partition coefficient (Wildman–Crippen LogP) is -3.21. The van der Waals surface area contributed by atoms with Crippen LogP contribution >= 0.6 is 0 Å². The van der Waals surface area contributed by atoms with Gasteiger partial charge in [0.05, 0.1) is 12.6 Å². The molecule has 6 N–H and O–H groups in total. The first-order valence-corrected chi connectivity index (χ1v) is 3.96. The van der Waals surface area contributed by atoms with Crippen LogP contribution in [0.1, 0.15) is 0 Å². The standard InChI is InChI=1S/C7H15NO5/c1-13-4-3(10)6(11)7(12,2-9)5(4)8/h3-6,9-12H,2,8H2,1H3/t3-,4-,5+,6-,7-/m1/s1. The highest BCUT2D eigenvalue weighted by molar-refractivity contribution is 5.12. The largest absolute Gasteiger partial charge is 0.393 e. The van der Waals surface area contributed by atoms with E-state index in [1.807, 2.05) is 0 Å². The normalized spacial score (nSPS) is 51.2. The van der Waals surface area contributed by atoms with Crippen LogP contribution < -0.4 is 5.73 Å². The lowest BCUT2D eigenvalue weighted by Crippen LogP contribution is -2.56. The zero-order chi connectivity index (χ0) is 10.2. The van der Waals surface area contributed by atoms with Gasteiger partial charge < -0.3 is 30.9 Å². The number of hydrogen-bond acceptors (Lipinski definition) is 6. The van der Waals surface area contributed by atoms with Gasteiger partial charge in [-0.3, -0.25) is 0 Å². The molecule has 0 amide bonds. The lowest BCUT2D eigenvalue weighted by molar-refractivity contribution is -0.116. The Bertz CT molecular complexity index is 188. The van der Waals surface area contributed by atoms with Crippen molar-refractivity contribution in [3.05, 3.63) is 0 Å². The first-order chi connectivity index (χ1) is 5.99. The summed E-state index contributed by atoms with van der Waals surface area (Å²) in [6.07, 6.45) is -3.64. The summed E-state index contributed by atoms with van der Waals surface area (Å²) in [6.45, 7) is -0.716. The van der Waals surface area contributed by atoms with E-state index in [1.54, 1.807) is 0 Å². The van der Waals surface area contributed by atoms with Gasteiger partial charge in [0.25, 0.3) is 0 Å². The Balaban J connectivity index is 2.90. The minimum absolute atomic E-state index is 0.716. The van der Waals surface area contributed by atoms with E-state index in [0.717, 1.165) is 0 Å². The van der Waals surface area contributed by atoms with Gasteiger partial charge in [0, 0.05) is 7.11 Å². The molecule has 0 aromatic heterocycles. The van der Waals surface area contributed by atoms with Gasteiger partial charge in [-0.1, -0.05) is 0 Å². The number of ether oxygens (including phenoxy) is 1. The van der Waals surface area contributed by atoms with Crippen molar-refractivity contribution in [3.8, 4) is 0 Å². The van der Waals surface area contributed by atoms with Gasteiger partial charge >= 0.3 is 0 Å². The first-order valence-electron chi connectivity index (χ1n) is 3.96. The fraction of sp³-hybridized carbons (Fsp3) is 1.00. The van der Waals surface area contributed by atoms with Crippen LogP contribution in [-0.4, -0.2) is 64.1 Å². The van der Waals surface area contributed by atoms with Gasteiger partial charge in [-0.25, -0.2) is 0 Å². The Morgan fingerprint density at radius 2 is 2.00 bits per heavy atom. The summed E-state index contributed by atoms with van der Waals surface area (Å²) < 4.78 is 4.80. The molecule has 1 aliphatic carbocycles. The molecule has 0 bridgehead atoms. The first kappa shape index (κ1) is 10.8. The van der Waals surface area contributed by atoms with Gasteiger partial charge in [-0.15, -0.1) is 0 Å².